The van der Waals surface area contributed by atoms with Gasteiger partial charge >= 0.3 is 0 Å². The standard InChI is InChI=1S/C17H21NS/c1-12(2)15-5-7-16(8-6-15)19-17-9-4-14(11-18)10-13(17)3/h4-10,12H,11,18H2,1-3H3. The zero-order valence-electron chi connectivity index (χ0n) is 11.8. The summed E-state index contributed by atoms with van der Waals surface area (Å²) in [4.78, 5) is 2.59. The van der Waals surface area contributed by atoms with Crippen molar-refractivity contribution in [2.24, 2.45) is 5.73 Å². The Bertz CT molecular complexity index is 544. The van der Waals surface area contributed by atoms with Crippen LogP contribution in [0.2, 0.25) is 0 Å². The van der Waals surface area contributed by atoms with Gasteiger partial charge in [0.15, 0.2) is 0 Å². The van der Waals surface area contributed by atoms with Gasteiger partial charge in [-0.2, -0.15) is 0 Å². The molecular weight excluding hydrogens is 250 g/mol. The predicted molar refractivity (Wildman–Crippen MR) is 83.7 cm³/mol. The topological polar surface area (TPSA) is 26.0 Å². The summed E-state index contributed by atoms with van der Waals surface area (Å²) in [6.45, 7) is 7.19. The summed E-state index contributed by atoms with van der Waals surface area (Å²) in [7, 11) is 0. The Morgan fingerprint density at radius 2 is 1.74 bits per heavy atom. The molecule has 0 bridgehead atoms. The molecule has 0 aliphatic carbocycles. The molecule has 2 aromatic rings. The Balaban J connectivity index is 2.16. The van der Waals surface area contributed by atoms with Crippen molar-refractivity contribution in [3.05, 3.63) is 59.2 Å². The molecule has 0 radical (unpaired) electrons. The molecule has 0 amide bonds. The second-order valence-corrected chi connectivity index (χ2v) is 6.25. The smallest absolute Gasteiger partial charge is 0.0178 e. The summed E-state index contributed by atoms with van der Waals surface area (Å²) in [6.07, 6.45) is 0. The van der Waals surface area contributed by atoms with Gasteiger partial charge in [0, 0.05) is 16.3 Å². The van der Waals surface area contributed by atoms with Gasteiger partial charge in [0.1, 0.15) is 0 Å². The van der Waals surface area contributed by atoms with Gasteiger partial charge in [-0.3, -0.25) is 0 Å². The molecule has 19 heavy (non-hydrogen) atoms. The van der Waals surface area contributed by atoms with E-state index in [-0.39, 0.29) is 0 Å². The minimum absolute atomic E-state index is 0.588. The fraction of sp³-hybridized carbons (Fsp3) is 0.294. The maximum absolute atomic E-state index is 5.66. The molecule has 1 nitrogen and oxygen atoms in total. The molecule has 2 aromatic carbocycles. The summed E-state index contributed by atoms with van der Waals surface area (Å²) in [5.74, 6) is 0.588. The Labute approximate surface area is 120 Å². The Kier molecular flexibility index (Phi) is 4.67. The van der Waals surface area contributed by atoms with Crippen molar-refractivity contribution >= 4 is 11.8 Å². The summed E-state index contributed by atoms with van der Waals surface area (Å²) < 4.78 is 0. The minimum atomic E-state index is 0.588. The molecule has 2 N–H and O–H groups in total. The first-order chi connectivity index (χ1) is 9.10. The molecule has 100 valence electrons. The minimum Gasteiger partial charge on any atom is -0.326 e. The number of hydrogen-bond acceptors (Lipinski definition) is 2. The Morgan fingerprint density at radius 1 is 1.05 bits per heavy atom. The van der Waals surface area contributed by atoms with Crippen molar-refractivity contribution in [3.63, 3.8) is 0 Å². The first kappa shape index (κ1) is 14.2. The zero-order valence-corrected chi connectivity index (χ0v) is 12.6. The molecular formula is C17H21NS. The largest absolute Gasteiger partial charge is 0.326 e. The summed E-state index contributed by atoms with van der Waals surface area (Å²) >= 11 is 1.81. The maximum Gasteiger partial charge on any atom is 0.0178 e. The SMILES string of the molecule is Cc1cc(CN)ccc1Sc1ccc(C(C)C)cc1. The molecule has 0 aromatic heterocycles. The predicted octanol–water partition coefficient (Wildman–Crippen LogP) is 4.73. The van der Waals surface area contributed by atoms with E-state index in [4.69, 9.17) is 5.73 Å². The molecule has 2 rings (SSSR count). The van der Waals surface area contributed by atoms with Gasteiger partial charge in [-0.1, -0.05) is 49.9 Å². The molecule has 0 aliphatic heterocycles. The normalized spacial score (nSPS) is 11.0. The monoisotopic (exact) mass is 271 g/mol. The van der Waals surface area contributed by atoms with Crippen LogP contribution in [0.15, 0.2) is 52.3 Å². The number of hydrogen-bond donors (Lipinski definition) is 1. The van der Waals surface area contributed by atoms with Crippen LogP contribution in [0.3, 0.4) is 0 Å². The molecule has 0 saturated heterocycles. The van der Waals surface area contributed by atoms with Gasteiger partial charge in [-0.15, -0.1) is 0 Å². The fourth-order valence-electron chi connectivity index (χ4n) is 2.00. The number of aryl methyl sites for hydroxylation is 1. The van der Waals surface area contributed by atoms with Gasteiger partial charge in [-0.05, 0) is 47.7 Å². The van der Waals surface area contributed by atoms with Crippen LogP contribution in [0.4, 0.5) is 0 Å². The molecule has 0 heterocycles. The van der Waals surface area contributed by atoms with E-state index in [0.717, 1.165) is 0 Å². The lowest BCUT2D eigenvalue weighted by Crippen LogP contribution is -1.96. The van der Waals surface area contributed by atoms with Gasteiger partial charge in [0.25, 0.3) is 0 Å². The van der Waals surface area contributed by atoms with E-state index >= 15 is 0 Å². The van der Waals surface area contributed by atoms with Crippen molar-refractivity contribution < 1.29 is 0 Å². The number of benzene rings is 2. The molecule has 0 aliphatic rings. The molecule has 0 fully saturated rings. The van der Waals surface area contributed by atoms with Gasteiger partial charge in [0.05, 0.1) is 0 Å². The Hall–Kier alpha value is -1.25. The van der Waals surface area contributed by atoms with Crippen LogP contribution in [-0.4, -0.2) is 0 Å². The van der Waals surface area contributed by atoms with E-state index in [9.17, 15) is 0 Å². The van der Waals surface area contributed by atoms with Crippen LogP contribution in [0.5, 0.6) is 0 Å². The number of rotatable bonds is 4. The highest BCUT2D eigenvalue weighted by Crippen LogP contribution is 2.31. The molecule has 2 heteroatoms. The lowest BCUT2D eigenvalue weighted by atomic mass is 10.0. The third kappa shape index (κ3) is 3.62. The second kappa shape index (κ2) is 6.27. The average molecular weight is 271 g/mol. The van der Waals surface area contributed by atoms with E-state index in [2.05, 4.69) is 63.2 Å². The highest BCUT2D eigenvalue weighted by molar-refractivity contribution is 7.99. The van der Waals surface area contributed by atoms with Crippen molar-refractivity contribution in [2.75, 3.05) is 0 Å². The highest BCUT2D eigenvalue weighted by Gasteiger charge is 2.03. The molecule has 0 saturated carbocycles. The van der Waals surface area contributed by atoms with Gasteiger partial charge in [-0.25, -0.2) is 0 Å². The first-order valence-corrected chi connectivity index (χ1v) is 7.49. The van der Waals surface area contributed by atoms with Crippen LogP contribution in [0.25, 0.3) is 0 Å². The molecule has 0 unspecified atom stereocenters. The van der Waals surface area contributed by atoms with Crippen molar-refractivity contribution in [1.82, 2.24) is 0 Å². The molecule has 0 spiro atoms. The average Bonchev–Trinajstić information content (AvgIpc) is 2.41. The van der Waals surface area contributed by atoms with Crippen LogP contribution in [0, 0.1) is 6.92 Å². The summed E-state index contributed by atoms with van der Waals surface area (Å²) in [6, 6.07) is 15.3. The Morgan fingerprint density at radius 3 is 2.26 bits per heavy atom. The van der Waals surface area contributed by atoms with Crippen LogP contribution in [-0.2, 0) is 6.54 Å². The van der Waals surface area contributed by atoms with Crippen molar-refractivity contribution in [2.45, 2.75) is 43.0 Å². The summed E-state index contributed by atoms with van der Waals surface area (Å²) in [5, 5.41) is 0. The zero-order chi connectivity index (χ0) is 13.8. The van der Waals surface area contributed by atoms with E-state index in [0.29, 0.717) is 12.5 Å². The van der Waals surface area contributed by atoms with Crippen LogP contribution < -0.4 is 5.73 Å². The van der Waals surface area contributed by atoms with Crippen molar-refractivity contribution in [3.8, 4) is 0 Å². The maximum atomic E-state index is 5.66. The highest BCUT2D eigenvalue weighted by atomic mass is 32.2. The third-order valence-corrected chi connectivity index (χ3v) is 4.44. The summed E-state index contributed by atoms with van der Waals surface area (Å²) in [5.41, 5.74) is 9.53. The fourth-order valence-corrected chi connectivity index (χ4v) is 2.88. The van der Waals surface area contributed by atoms with E-state index in [1.54, 1.807) is 0 Å². The number of nitrogens with two attached hydrogens (primary N) is 1. The van der Waals surface area contributed by atoms with Crippen molar-refractivity contribution in [1.29, 1.82) is 0 Å². The second-order valence-electron chi connectivity index (χ2n) is 5.13. The van der Waals surface area contributed by atoms with Gasteiger partial charge < -0.3 is 5.73 Å². The van der Waals surface area contributed by atoms with Crippen LogP contribution >= 0.6 is 11.8 Å². The van der Waals surface area contributed by atoms with E-state index in [1.807, 2.05) is 11.8 Å². The van der Waals surface area contributed by atoms with E-state index in [1.165, 1.54) is 26.5 Å². The third-order valence-electron chi connectivity index (χ3n) is 3.25. The van der Waals surface area contributed by atoms with Crippen LogP contribution in [0.1, 0.15) is 36.5 Å². The lowest BCUT2D eigenvalue weighted by Gasteiger charge is -2.09. The van der Waals surface area contributed by atoms with Gasteiger partial charge in [0.2, 0.25) is 0 Å². The van der Waals surface area contributed by atoms with E-state index < -0.39 is 0 Å². The molecule has 0 atom stereocenters. The lowest BCUT2D eigenvalue weighted by molar-refractivity contribution is 0.865. The quantitative estimate of drug-likeness (QED) is 0.870. The first-order valence-electron chi connectivity index (χ1n) is 6.67.